The van der Waals surface area contributed by atoms with E-state index in [1.54, 1.807) is 0 Å². The van der Waals surface area contributed by atoms with Gasteiger partial charge in [-0.05, 0) is 25.0 Å². The summed E-state index contributed by atoms with van der Waals surface area (Å²) in [6.07, 6.45) is -2.16. The summed E-state index contributed by atoms with van der Waals surface area (Å²) in [6.45, 7) is 0.807. The number of sulfonamides is 1. The number of halogens is 3. The molecular formula is C13H13F3N2O4S. The minimum absolute atomic E-state index is 0.0974. The molecule has 0 aliphatic carbocycles. The van der Waals surface area contributed by atoms with Crippen molar-refractivity contribution < 1.29 is 30.5 Å². The maximum atomic E-state index is 12.5. The molecule has 6 nitrogen and oxygen atoms in total. The molecule has 10 heteroatoms. The molecule has 23 heavy (non-hydrogen) atoms. The SMILES string of the molecule is O=S(=O)(c1ccc(-c2cc(C(F)(F)F)on2)o1)N1CCCCC1. The lowest BCUT2D eigenvalue weighted by atomic mass is 10.2. The second-order valence-corrected chi connectivity index (χ2v) is 7.03. The van der Waals surface area contributed by atoms with Gasteiger partial charge in [0.25, 0.3) is 10.0 Å². The van der Waals surface area contributed by atoms with E-state index in [0.29, 0.717) is 19.2 Å². The number of piperidine rings is 1. The van der Waals surface area contributed by atoms with E-state index in [1.807, 2.05) is 0 Å². The molecule has 0 N–H and O–H groups in total. The van der Waals surface area contributed by atoms with Crippen LogP contribution in [0.3, 0.4) is 0 Å². The van der Waals surface area contributed by atoms with Crippen molar-refractivity contribution in [3.63, 3.8) is 0 Å². The number of nitrogens with zero attached hydrogens (tertiary/aromatic N) is 2. The molecule has 0 atom stereocenters. The third kappa shape index (κ3) is 3.13. The van der Waals surface area contributed by atoms with Crippen LogP contribution in [-0.4, -0.2) is 31.0 Å². The molecule has 2 aromatic heterocycles. The highest BCUT2D eigenvalue weighted by Gasteiger charge is 2.37. The van der Waals surface area contributed by atoms with Crippen molar-refractivity contribution in [3.8, 4) is 11.5 Å². The number of furan rings is 1. The second-order valence-electron chi connectivity index (χ2n) is 5.16. The Hall–Kier alpha value is -1.81. The van der Waals surface area contributed by atoms with Gasteiger partial charge in [0.2, 0.25) is 10.9 Å². The molecule has 1 aliphatic heterocycles. The molecule has 0 spiro atoms. The average Bonchev–Trinajstić information content (AvgIpc) is 3.16. The van der Waals surface area contributed by atoms with Crippen molar-refractivity contribution in [2.45, 2.75) is 30.5 Å². The van der Waals surface area contributed by atoms with Crippen molar-refractivity contribution >= 4 is 10.0 Å². The van der Waals surface area contributed by atoms with E-state index in [4.69, 9.17) is 4.42 Å². The second kappa shape index (κ2) is 5.68. The van der Waals surface area contributed by atoms with Crippen LogP contribution in [0.2, 0.25) is 0 Å². The van der Waals surface area contributed by atoms with E-state index < -0.39 is 22.0 Å². The van der Waals surface area contributed by atoms with Crippen LogP contribution in [0.5, 0.6) is 0 Å². The zero-order valence-electron chi connectivity index (χ0n) is 11.8. The Morgan fingerprint density at radius 2 is 1.83 bits per heavy atom. The molecule has 0 unspecified atom stereocenters. The number of aromatic nitrogens is 1. The Bertz CT molecular complexity index is 788. The molecule has 0 amide bonds. The molecule has 2 aromatic rings. The molecule has 1 saturated heterocycles. The van der Waals surface area contributed by atoms with E-state index in [9.17, 15) is 21.6 Å². The largest absolute Gasteiger partial charge is 0.452 e. The molecule has 3 rings (SSSR count). The van der Waals surface area contributed by atoms with Gasteiger partial charge in [0, 0.05) is 19.2 Å². The Morgan fingerprint density at radius 1 is 1.13 bits per heavy atom. The molecule has 1 aliphatic rings. The standard InChI is InChI=1S/C13H13F3N2O4S/c14-13(15,16)11-8-9(17-22-11)10-4-5-12(21-10)23(19,20)18-6-2-1-3-7-18/h4-5,8H,1-3,6-7H2. The van der Waals surface area contributed by atoms with E-state index >= 15 is 0 Å². The lowest BCUT2D eigenvalue weighted by molar-refractivity contribution is -0.155. The Labute approximate surface area is 129 Å². The first-order valence-electron chi connectivity index (χ1n) is 6.93. The van der Waals surface area contributed by atoms with Gasteiger partial charge in [-0.1, -0.05) is 11.6 Å². The molecule has 0 radical (unpaired) electrons. The van der Waals surface area contributed by atoms with Crippen LogP contribution in [0.25, 0.3) is 11.5 Å². The first kappa shape index (κ1) is 16.1. The first-order chi connectivity index (χ1) is 10.8. The van der Waals surface area contributed by atoms with Crippen LogP contribution in [0.15, 0.2) is 32.2 Å². The lowest BCUT2D eigenvalue weighted by Crippen LogP contribution is -2.35. The highest BCUT2D eigenvalue weighted by Crippen LogP contribution is 2.33. The van der Waals surface area contributed by atoms with Crippen LogP contribution < -0.4 is 0 Å². The predicted molar refractivity (Wildman–Crippen MR) is 71.8 cm³/mol. The lowest BCUT2D eigenvalue weighted by Gasteiger charge is -2.24. The molecule has 3 heterocycles. The van der Waals surface area contributed by atoms with Gasteiger partial charge in [-0.25, -0.2) is 8.42 Å². The van der Waals surface area contributed by atoms with Gasteiger partial charge in [0.1, 0.15) is 5.69 Å². The highest BCUT2D eigenvalue weighted by molar-refractivity contribution is 7.89. The predicted octanol–water partition coefficient (Wildman–Crippen LogP) is 3.13. The van der Waals surface area contributed by atoms with Crippen LogP contribution >= 0.6 is 0 Å². The average molecular weight is 350 g/mol. The molecule has 0 aromatic carbocycles. The monoisotopic (exact) mass is 350 g/mol. The van der Waals surface area contributed by atoms with Gasteiger partial charge in [-0.15, -0.1) is 0 Å². The van der Waals surface area contributed by atoms with E-state index in [1.165, 1.54) is 16.4 Å². The zero-order valence-corrected chi connectivity index (χ0v) is 12.7. The van der Waals surface area contributed by atoms with Crippen molar-refractivity contribution in [2.24, 2.45) is 0 Å². The third-order valence-electron chi connectivity index (χ3n) is 3.53. The van der Waals surface area contributed by atoms with Gasteiger partial charge in [0.05, 0.1) is 0 Å². The fourth-order valence-corrected chi connectivity index (χ4v) is 3.78. The third-order valence-corrected chi connectivity index (χ3v) is 5.31. The summed E-state index contributed by atoms with van der Waals surface area (Å²) in [5, 5.41) is 2.95. The quantitative estimate of drug-likeness (QED) is 0.850. The zero-order chi connectivity index (χ0) is 16.7. The molecule has 126 valence electrons. The summed E-state index contributed by atoms with van der Waals surface area (Å²) in [7, 11) is -3.78. The molecule has 0 saturated carbocycles. The number of hydrogen-bond acceptors (Lipinski definition) is 5. The van der Waals surface area contributed by atoms with Gasteiger partial charge in [-0.3, -0.25) is 0 Å². The summed E-state index contributed by atoms with van der Waals surface area (Å²) in [4.78, 5) is 0. The van der Waals surface area contributed by atoms with Crippen molar-refractivity contribution in [1.29, 1.82) is 0 Å². The van der Waals surface area contributed by atoms with Crippen molar-refractivity contribution in [1.82, 2.24) is 9.46 Å². The van der Waals surface area contributed by atoms with E-state index in [0.717, 1.165) is 19.3 Å². The van der Waals surface area contributed by atoms with Crippen molar-refractivity contribution in [2.75, 3.05) is 13.1 Å². The Balaban J connectivity index is 1.87. The van der Waals surface area contributed by atoms with Crippen LogP contribution in [0.1, 0.15) is 25.0 Å². The molecule has 1 fully saturated rings. The fraction of sp³-hybridized carbons (Fsp3) is 0.462. The van der Waals surface area contributed by atoms with Crippen LogP contribution in [0, 0.1) is 0 Å². The number of rotatable bonds is 3. The van der Waals surface area contributed by atoms with Gasteiger partial charge in [0.15, 0.2) is 5.76 Å². The molecule has 0 bridgehead atoms. The maximum Gasteiger partial charge on any atom is 0.452 e. The summed E-state index contributed by atoms with van der Waals surface area (Å²) in [6, 6.07) is 3.13. The van der Waals surface area contributed by atoms with Gasteiger partial charge < -0.3 is 8.94 Å². The van der Waals surface area contributed by atoms with E-state index in [-0.39, 0.29) is 16.5 Å². The molecular weight excluding hydrogens is 337 g/mol. The van der Waals surface area contributed by atoms with Gasteiger partial charge in [-0.2, -0.15) is 17.5 Å². The van der Waals surface area contributed by atoms with E-state index in [2.05, 4.69) is 9.68 Å². The Kier molecular flexibility index (Phi) is 3.96. The minimum Gasteiger partial charge on any atom is -0.441 e. The van der Waals surface area contributed by atoms with Gasteiger partial charge >= 0.3 is 6.18 Å². The fourth-order valence-electron chi connectivity index (χ4n) is 2.35. The first-order valence-corrected chi connectivity index (χ1v) is 8.37. The summed E-state index contributed by atoms with van der Waals surface area (Å²) in [5.74, 6) is -1.37. The summed E-state index contributed by atoms with van der Waals surface area (Å²) in [5.41, 5.74) is -0.211. The normalized spacial score (nSPS) is 17.5. The summed E-state index contributed by atoms with van der Waals surface area (Å²) < 4.78 is 73.0. The highest BCUT2D eigenvalue weighted by atomic mass is 32.2. The minimum atomic E-state index is -4.67. The number of hydrogen-bond donors (Lipinski definition) is 0. The van der Waals surface area contributed by atoms with Crippen LogP contribution in [0.4, 0.5) is 13.2 Å². The van der Waals surface area contributed by atoms with Crippen LogP contribution in [-0.2, 0) is 16.2 Å². The topological polar surface area (TPSA) is 76.5 Å². The Morgan fingerprint density at radius 3 is 2.43 bits per heavy atom. The number of alkyl halides is 3. The summed E-state index contributed by atoms with van der Waals surface area (Å²) >= 11 is 0. The maximum absolute atomic E-state index is 12.5. The smallest absolute Gasteiger partial charge is 0.441 e. The van der Waals surface area contributed by atoms with Crippen molar-refractivity contribution in [3.05, 3.63) is 24.0 Å².